The fourth-order valence-corrected chi connectivity index (χ4v) is 3.15. The molecule has 36 heavy (non-hydrogen) atoms. The Hall–Kier alpha value is -2.22. The summed E-state index contributed by atoms with van der Waals surface area (Å²) in [5, 5.41) is 0. The van der Waals surface area contributed by atoms with Gasteiger partial charge in [-0.2, -0.15) is 0 Å². The highest BCUT2D eigenvalue weighted by atomic mass is 16.5. The maximum atomic E-state index is 6.12. The van der Waals surface area contributed by atoms with E-state index in [0.29, 0.717) is 19.1 Å². The summed E-state index contributed by atoms with van der Waals surface area (Å²) >= 11 is 0. The molecule has 2 nitrogen and oxygen atoms in total. The molecule has 0 unspecified atom stereocenters. The maximum absolute atomic E-state index is 6.12. The smallest absolute Gasteiger partial charge is 0.123 e. The van der Waals surface area contributed by atoms with Crippen LogP contribution in [0.3, 0.4) is 0 Å². The maximum Gasteiger partial charge on any atom is 0.123 e. The first kappa shape index (κ1) is 40.9. The van der Waals surface area contributed by atoms with E-state index in [4.69, 9.17) is 9.47 Å². The Morgan fingerprint density at radius 3 is 1.67 bits per heavy atom. The van der Waals surface area contributed by atoms with E-state index in [1.54, 1.807) is 6.08 Å². The van der Waals surface area contributed by atoms with Gasteiger partial charge in [-0.25, -0.2) is 0 Å². The quantitative estimate of drug-likeness (QED) is 0.301. The van der Waals surface area contributed by atoms with Gasteiger partial charge in [0.15, 0.2) is 0 Å². The first-order chi connectivity index (χ1) is 17.5. The zero-order valence-corrected chi connectivity index (χ0v) is 26.7. The predicted octanol–water partition coefficient (Wildman–Crippen LogP) is 11.6. The van der Waals surface area contributed by atoms with Gasteiger partial charge in [0.05, 0.1) is 0 Å². The summed E-state index contributed by atoms with van der Waals surface area (Å²) in [4.78, 5) is 0. The highest BCUT2D eigenvalue weighted by Crippen LogP contribution is 2.27. The monoisotopic (exact) mass is 502 g/mol. The van der Waals surface area contributed by atoms with E-state index < -0.39 is 0 Å². The van der Waals surface area contributed by atoms with Crippen LogP contribution in [-0.2, 0) is 13.0 Å². The van der Waals surface area contributed by atoms with Crippen LogP contribution in [0.4, 0.5) is 0 Å². The first-order valence-electron chi connectivity index (χ1n) is 14.6. The van der Waals surface area contributed by atoms with Crippen LogP contribution in [0.15, 0.2) is 49.1 Å². The van der Waals surface area contributed by atoms with Crippen molar-refractivity contribution in [3.8, 4) is 11.5 Å². The minimum absolute atomic E-state index is 0.505. The Bertz CT molecular complexity index is 715. The van der Waals surface area contributed by atoms with E-state index in [-0.39, 0.29) is 0 Å². The molecule has 0 N–H and O–H groups in total. The summed E-state index contributed by atoms with van der Waals surface area (Å²) in [7, 11) is 0. The van der Waals surface area contributed by atoms with Crippen molar-refractivity contribution in [3.05, 3.63) is 71.3 Å². The summed E-state index contributed by atoms with van der Waals surface area (Å²) in [5.74, 6) is 2.41. The fourth-order valence-electron chi connectivity index (χ4n) is 3.15. The molecule has 210 valence electrons. The molecule has 0 radical (unpaired) electrons. The van der Waals surface area contributed by atoms with E-state index in [9.17, 15) is 0 Å². The van der Waals surface area contributed by atoms with Crippen molar-refractivity contribution in [2.45, 2.75) is 123 Å². The lowest BCUT2D eigenvalue weighted by Crippen LogP contribution is -2.04. The summed E-state index contributed by atoms with van der Waals surface area (Å²) in [5.41, 5.74) is 5.03. The van der Waals surface area contributed by atoms with Crippen molar-refractivity contribution in [2.24, 2.45) is 5.92 Å². The lowest BCUT2D eigenvalue weighted by Gasteiger charge is -2.16. The van der Waals surface area contributed by atoms with Gasteiger partial charge >= 0.3 is 0 Å². The van der Waals surface area contributed by atoms with E-state index in [2.05, 4.69) is 64.6 Å². The summed E-state index contributed by atoms with van der Waals surface area (Å²) in [6.45, 7) is 33.6. The molecule has 2 heteroatoms. The third-order valence-corrected chi connectivity index (χ3v) is 4.88. The molecule has 0 amide bonds. The van der Waals surface area contributed by atoms with Gasteiger partial charge in [-0.3, -0.25) is 0 Å². The lowest BCUT2D eigenvalue weighted by atomic mass is 9.94. The van der Waals surface area contributed by atoms with Crippen LogP contribution >= 0.6 is 0 Å². The number of hydrogen-bond acceptors (Lipinski definition) is 2. The van der Waals surface area contributed by atoms with E-state index >= 15 is 0 Å². The van der Waals surface area contributed by atoms with E-state index in [1.165, 1.54) is 35.1 Å². The normalized spacial score (nSPS) is 8.64. The molecule has 0 saturated heterocycles. The third kappa shape index (κ3) is 19.0. The zero-order valence-electron chi connectivity index (χ0n) is 26.7. The van der Waals surface area contributed by atoms with Gasteiger partial charge < -0.3 is 9.47 Å². The second-order valence-corrected chi connectivity index (χ2v) is 7.02. The molecule has 0 atom stereocenters. The molecule has 2 rings (SSSR count). The largest absolute Gasteiger partial charge is 0.489 e. The Morgan fingerprint density at radius 1 is 0.722 bits per heavy atom. The number of hydrogen-bond donors (Lipinski definition) is 0. The minimum Gasteiger partial charge on any atom is -0.489 e. The van der Waals surface area contributed by atoms with Crippen LogP contribution in [0, 0.1) is 19.8 Å². The van der Waals surface area contributed by atoms with Gasteiger partial charge in [-0.1, -0.05) is 132 Å². The van der Waals surface area contributed by atoms with Crippen molar-refractivity contribution in [1.82, 2.24) is 0 Å². The molecular formula is C34H62O2. The highest BCUT2D eigenvalue weighted by molar-refractivity contribution is 5.39. The minimum atomic E-state index is 0.505. The first-order valence-corrected chi connectivity index (χ1v) is 14.6. The van der Waals surface area contributed by atoms with Gasteiger partial charge in [-0.05, 0) is 55.0 Å². The lowest BCUT2D eigenvalue weighted by molar-refractivity contribution is 0.300. The number of ether oxygens (including phenoxy) is 2. The van der Waals surface area contributed by atoms with Crippen LogP contribution in [-0.4, -0.2) is 6.61 Å². The van der Waals surface area contributed by atoms with Crippen molar-refractivity contribution < 1.29 is 9.47 Å². The van der Waals surface area contributed by atoms with Crippen LogP contribution in [0.5, 0.6) is 11.5 Å². The number of rotatable bonds is 10. The van der Waals surface area contributed by atoms with Gasteiger partial charge in [0.2, 0.25) is 0 Å². The van der Waals surface area contributed by atoms with Crippen molar-refractivity contribution in [2.75, 3.05) is 6.61 Å². The summed E-state index contributed by atoms with van der Waals surface area (Å²) < 4.78 is 11.9. The topological polar surface area (TPSA) is 18.5 Å². The standard InChI is InChI=1S/C24H32O2.5C2H6/c1-6-11-25-23-14-21(13-20(7-2)8-3)15-24(16-23)26-17-22-10-9-18(4)12-19(22)5;5*1-2/h6,9-10,12,14-16,20H,1,7-8,11,13,17H2,2-5H3;5*1-2H3. The Morgan fingerprint density at radius 2 is 1.22 bits per heavy atom. The summed E-state index contributed by atoms with van der Waals surface area (Å²) in [6.07, 6.45) is 5.20. The van der Waals surface area contributed by atoms with E-state index in [0.717, 1.165) is 17.9 Å². The molecule has 2 aromatic carbocycles. The number of aryl methyl sites for hydroxylation is 2. The predicted molar refractivity (Wildman–Crippen MR) is 167 cm³/mol. The zero-order chi connectivity index (χ0) is 28.9. The van der Waals surface area contributed by atoms with Crippen molar-refractivity contribution >= 4 is 0 Å². The average Bonchev–Trinajstić information content (AvgIpc) is 2.95. The molecule has 2 aromatic rings. The molecule has 0 bridgehead atoms. The molecule has 0 fully saturated rings. The average molecular weight is 503 g/mol. The molecule has 0 heterocycles. The Balaban J connectivity index is -0.000000456. The second kappa shape index (κ2) is 30.8. The molecule has 0 saturated carbocycles. The third-order valence-electron chi connectivity index (χ3n) is 4.88. The SMILES string of the molecule is C=CCOc1cc(CC(CC)CC)cc(OCc2ccc(C)cc2C)c1.CC.CC.CC.CC.CC. The van der Waals surface area contributed by atoms with Crippen LogP contribution in [0.1, 0.15) is 118 Å². The van der Waals surface area contributed by atoms with Crippen LogP contribution in [0.25, 0.3) is 0 Å². The molecule has 0 aliphatic rings. The Kier molecular flexibility index (Phi) is 35.0. The molecule has 0 aliphatic carbocycles. The molecule has 0 aliphatic heterocycles. The highest BCUT2D eigenvalue weighted by Gasteiger charge is 2.09. The van der Waals surface area contributed by atoms with Gasteiger partial charge in [-0.15, -0.1) is 0 Å². The molecule has 0 aromatic heterocycles. The second-order valence-electron chi connectivity index (χ2n) is 7.02. The van der Waals surface area contributed by atoms with Gasteiger partial charge in [0, 0.05) is 6.07 Å². The van der Waals surface area contributed by atoms with E-state index in [1.807, 2.05) is 75.3 Å². The van der Waals surface area contributed by atoms with Crippen LogP contribution < -0.4 is 9.47 Å². The number of benzene rings is 2. The summed E-state index contributed by atoms with van der Waals surface area (Å²) in [6, 6.07) is 12.7. The van der Waals surface area contributed by atoms with Crippen molar-refractivity contribution in [1.29, 1.82) is 0 Å². The Labute approximate surface area is 227 Å². The molecular weight excluding hydrogens is 440 g/mol. The fraction of sp³-hybridized carbons (Fsp3) is 0.588. The van der Waals surface area contributed by atoms with Gasteiger partial charge in [0.1, 0.15) is 24.7 Å². The van der Waals surface area contributed by atoms with Crippen LogP contribution in [0.2, 0.25) is 0 Å². The molecule has 0 spiro atoms. The van der Waals surface area contributed by atoms with Gasteiger partial charge in [0.25, 0.3) is 0 Å². The van der Waals surface area contributed by atoms with Crippen molar-refractivity contribution in [3.63, 3.8) is 0 Å².